The van der Waals surface area contributed by atoms with E-state index >= 15 is 0 Å². The molecule has 0 saturated carbocycles. The average Bonchev–Trinajstić information content (AvgIpc) is 3.25. The molecule has 3 rings (SSSR count). The summed E-state index contributed by atoms with van der Waals surface area (Å²) < 4.78 is 13.4. The molecule has 1 atom stereocenters. The molecule has 1 aliphatic heterocycles. The van der Waals surface area contributed by atoms with Crippen LogP contribution in [0.2, 0.25) is 0 Å². The zero-order valence-electron chi connectivity index (χ0n) is 15.6. The summed E-state index contributed by atoms with van der Waals surface area (Å²) in [5, 5.41) is 4.59. The van der Waals surface area contributed by atoms with Crippen molar-refractivity contribution in [1.82, 2.24) is 14.7 Å². The summed E-state index contributed by atoms with van der Waals surface area (Å²) in [5.41, 5.74) is 3.61. The number of benzene rings is 1. The van der Waals surface area contributed by atoms with Gasteiger partial charge in [0.1, 0.15) is 5.75 Å². The Labute approximate surface area is 150 Å². The maximum absolute atomic E-state index is 5.88. The van der Waals surface area contributed by atoms with Crippen LogP contribution >= 0.6 is 0 Å². The Kier molecular flexibility index (Phi) is 6.10. The van der Waals surface area contributed by atoms with Crippen LogP contribution in [0.25, 0.3) is 0 Å². The lowest BCUT2D eigenvalue weighted by Crippen LogP contribution is -2.31. The average molecular weight is 343 g/mol. The molecule has 5 heteroatoms. The molecule has 0 unspecified atom stereocenters. The Bertz CT molecular complexity index is 677. The number of hydrogen-bond donors (Lipinski definition) is 0. The van der Waals surface area contributed by atoms with E-state index in [1.54, 1.807) is 7.11 Å². The van der Waals surface area contributed by atoms with Gasteiger partial charge in [0, 0.05) is 50.1 Å². The summed E-state index contributed by atoms with van der Waals surface area (Å²) in [6.45, 7) is 8.67. The Balaban J connectivity index is 1.77. The van der Waals surface area contributed by atoms with E-state index in [1.807, 2.05) is 16.8 Å². The topological polar surface area (TPSA) is 39.5 Å². The van der Waals surface area contributed by atoms with Crippen LogP contribution in [-0.2, 0) is 24.4 Å². The highest BCUT2D eigenvalue weighted by atomic mass is 16.5. The predicted octanol–water partition coefficient (Wildman–Crippen LogP) is 3.40. The molecule has 0 N–H and O–H groups in total. The van der Waals surface area contributed by atoms with Gasteiger partial charge >= 0.3 is 0 Å². The second-order valence-electron chi connectivity index (χ2n) is 6.71. The van der Waals surface area contributed by atoms with Crippen molar-refractivity contribution in [1.29, 1.82) is 0 Å². The number of ether oxygens (including phenoxy) is 2. The van der Waals surface area contributed by atoms with E-state index in [9.17, 15) is 0 Å². The number of para-hydroxylation sites is 1. The smallest absolute Gasteiger partial charge is 0.123 e. The van der Waals surface area contributed by atoms with Crippen molar-refractivity contribution in [3.05, 3.63) is 47.3 Å². The molecule has 0 aliphatic carbocycles. The zero-order valence-corrected chi connectivity index (χ0v) is 15.6. The van der Waals surface area contributed by atoms with Gasteiger partial charge in [-0.25, -0.2) is 0 Å². The van der Waals surface area contributed by atoms with Gasteiger partial charge in [-0.2, -0.15) is 5.10 Å². The second-order valence-corrected chi connectivity index (χ2v) is 6.71. The summed E-state index contributed by atoms with van der Waals surface area (Å²) in [5.74, 6) is 0.945. The molecule has 25 heavy (non-hydrogen) atoms. The van der Waals surface area contributed by atoms with Crippen molar-refractivity contribution < 1.29 is 9.47 Å². The van der Waals surface area contributed by atoms with Crippen molar-refractivity contribution in [2.75, 3.05) is 20.3 Å². The predicted molar refractivity (Wildman–Crippen MR) is 98.7 cm³/mol. The summed E-state index contributed by atoms with van der Waals surface area (Å²) >= 11 is 0. The van der Waals surface area contributed by atoms with E-state index in [0.29, 0.717) is 6.10 Å². The summed E-state index contributed by atoms with van der Waals surface area (Å²) in [7, 11) is 1.73. The zero-order chi connectivity index (χ0) is 17.6. The van der Waals surface area contributed by atoms with Crippen molar-refractivity contribution in [3.8, 4) is 5.75 Å². The normalized spacial score (nSPS) is 17.4. The van der Waals surface area contributed by atoms with E-state index < -0.39 is 0 Å². The molecule has 0 radical (unpaired) electrons. The first-order valence-electron chi connectivity index (χ1n) is 9.18. The maximum atomic E-state index is 5.88. The number of hydrogen-bond acceptors (Lipinski definition) is 4. The fourth-order valence-electron chi connectivity index (χ4n) is 3.45. The molecule has 1 aromatic carbocycles. The van der Waals surface area contributed by atoms with Crippen LogP contribution in [0.1, 0.15) is 36.6 Å². The van der Waals surface area contributed by atoms with Crippen molar-refractivity contribution >= 4 is 0 Å². The van der Waals surface area contributed by atoms with Gasteiger partial charge < -0.3 is 9.47 Å². The lowest BCUT2D eigenvalue weighted by atomic mass is 10.1. The van der Waals surface area contributed by atoms with Crippen molar-refractivity contribution in [2.24, 2.45) is 0 Å². The fraction of sp³-hybridized carbons (Fsp3) is 0.550. The number of rotatable bonds is 8. The minimum Gasteiger partial charge on any atom is -0.496 e. The van der Waals surface area contributed by atoms with Crippen LogP contribution in [0.3, 0.4) is 0 Å². The molecular weight excluding hydrogens is 314 g/mol. The standard InChI is InChI=1S/C20H29N3O2/c1-4-23-14-18(16(2)21-23)13-22(15-19-9-7-11-25-19)12-17-8-5-6-10-20(17)24-3/h5-6,8,10,14,19H,4,7,9,11-13,15H2,1-3H3/t19-/m1/s1. The first-order chi connectivity index (χ1) is 12.2. The largest absolute Gasteiger partial charge is 0.496 e. The van der Waals surface area contributed by atoms with Gasteiger partial charge in [0.15, 0.2) is 0 Å². The van der Waals surface area contributed by atoms with Gasteiger partial charge in [0.05, 0.1) is 18.9 Å². The first kappa shape index (κ1) is 18.0. The van der Waals surface area contributed by atoms with Crippen LogP contribution in [-0.4, -0.2) is 41.0 Å². The quantitative estimate of drug-likeness (QED) is 0.736. The molecule has 1 saturated heterocycles. The number of methoxy groups -OCH3 is 1. The molecular formula is C20H29N3O2. The molecule has 0 amide bonds. The van der Waals surface area contributed by atoms with E-state index in [-0.39, 0.29) is 0 Å². The SMILES string of the molecule is CCn1cc(CN(Cc2ccccc2OC)C[C@H]2CCCO2)c(C)n1. The van der Waals surface area contributed by atoms with Crippen molar-refractivity contribution in [2.45, 2.75) is 52.4 Å². The van der Waals surface area contributed by atoms with E-state index in [0.717, 1.165) is 50.7 Å². The fourth-order valence-corrected chi connectivity index (χ4v) is 3.45. The van der Waals surface area contributed by atoms with E-state index in [1.165, 1.54) is 17.5 Å². The third-order valence-electron chi connectivity index (χ3n) is 4.84. The lowest BCUT2D eigenvalue weighted by Gasteiger charge is -2.26. The molecule has 0 bridgehead atoms. The summed E-state index contributed by atoms with van der Waals surface area (Å²) in [6, 6.07) is 8.26. The maximum Gasteiger partial charge on any atom is 0.123 e. The van der Waals surface area contributed by atoms with Crippen LogP contribution < -0.4 is 4.74 Å². The van der Waals surface area contributed by atoms with Gasteiger partial charge in [0.2, 0.25) is 0 Å². The minimum absolute atomic E-state index is 0.330. The monoisotopic (exact) mass is 343 g/mol. The van der Waals surface area contributed by atoms with E-state index in [4.69, 9.17) is 9.47 Å². The molecule has 2 aromatic rings. The molecule has 1 aliphatic rings. The molecule has 136 valence electrons. The molecule has 5 nitrogen and oxygen atoms in total. The summed E-state index contributed by atoms with van der Waals surface area (Å²) in [6.07, 6.45) is 4.81. The molecule has 1 aromatic heterocycles. The number of nitrogens with zero attached hydrogens (tertiary/aromatic N) is 3. The minimum atomic E-state index is 0.330. The molecule has 1 fully saturated rings. The van der Waals surface area contributed by atoms with Gasteiger partial charge in [-0.05, 0) is 32.8 Å². The molecule has 2 heterocycles. The van der Waals surface area contributed by atoms with Crippen LogP contribution in [0.5, 0.6) is 5.75 Å². The van der Waals surface area contributed by atoms with Crippen LogP contribution in [0.4, 0.5) is 0 Å². The Morgan fingerprint density at radius 2 is 2.08 bits per heavy atom. The van der Waals surface area contributed by atoms with Crippen LogP contribution in [0, 0.1) is 6.92 Å². The van der Waals surface area contributed by atoms with E-state index in [2.05, 4.69) is 42.2 Å². The van der Waals surface area contributed by atoms with Gasteiger partial charge in [0.25, 0.3) is 0 Å². The Hall–Kier alpha value is -1.85. The molecule has 0 spiro atoms. The van der Waals surface area contributed by atoms with Crippen LogP contribution in [0.15, 0.2) is 30.5 Å². The number of aromatic nitrogens is 2. The third-order valence-corrected chi connectivity index (χ3v) is 4.84. The third kappa shape index (κ3) is 4.61. The second kappa shape index (κ2) is 8.50. The summed E-state index contributed by atoms with van der Waals surface area (Å²) in [4.78, 5) is 2.46. The van der Waals surface area contributed by atoms with Gasteiger partial charge in [-0.1, -0.05) is 18.2 Å². The van der Waals surface area contributed by atoms with Gasteiger partial charge in [-0.15, -0.1) is 0 Å². The van der Waals surface area contributed by atoms with Crippen molar-refractivity contribution in [3.63, 3.8) is 0 Å². The lowest BCUT2D eigenvalue weighted by molar-refractivity contribution is 0.0675. The Morgan fingerprint density at radius 3 is 2.76 bits per heavy atom. The highest BCUT2D eigenvalue weighted by Gasteiger charge is 2.21. The highest BCUT2D eigenvalue weighted by Crippen LogP contribution is 2.23. The van der Waals surface area contributed by atoms with Gasteiger partial charge in [-0.3, -0.25) is 9.58 Å². The number of aryl methyl sites for hydroxylation is 2. The Morgan fingerprint density at radius 1 is 1.28 bits per heavy atom. The first-order valence-corrected chi connectivity index (χ1v) is 9.18. The highest BCUT2D eigenvalue weighted by molar-refractivity contribution is 5.33.